The number of benzene rings is 2. The van der Waals surface area contributed by atoms with Crippen molar-refractivity contribution >= 4 is 60.9 Å². The van der Waals surface area contributed by atoms with Gasteiger partial charge in [-0.05, 0) is 65.1 Å². The summed E-state index contributed by atoms with van der Waals surface area (Å²) in [5.41, 5.74) is 2.14. The van der Waals surface area contributed by atoms with Gasteiger partial charge in [-0.25, -0.2) is 13.2 Å². The minimum Gasteiger partial charge on any atom is -0.324 e. The summed E-state index contributed by atoms with van der Waals surface area (Å²) in [7, 11) is -0.315. The van der Waals surface area contributed by atoms with Crippen LogP contribution < -0.4 is 15.3 Å². The van der Waals surface area contributed by atoms with E-state index in [1.807, 2.05) is 0 Å². The van der Waals surface area contributed by atoms with E-state index in [1.54, 1.807) is 56.6 Å². The Morgan fingerprint density at radius 2 is 1.68 bits per heavy atom. The molecule has 0 aliphatic rings. The van der Waals surface area contributed by atoms with E-state index in [0.717, 1.165) is 19.6 Å². The molecule has 1 amide bonds. The van der Waals surface area contributed by atoms with E-state index < -0.39 is 15.9 Å². The Kier molecular flexibility index (Phi) is 5.53. The largest absolute Gasteiger partial charge is 0.328 e. The molecule has 10 heteroatoms. The lowest BCUT2D eigenvalue weighted by molar-refractivity contribution is -0.114. The summed E-state index contributed by atoms with van der Waals surface area (Å²) in [6.45, 7) is -0.356. The molecule has 0 bridgehead atoms. The van der Waals surface area contributed by atoms with Crippen molar-refractivity contribution in [1.29, 1.82) is 0 Å². The average Bonchev–Trinajstić information content (AvgIpc) is 2.84. The molecule has 0 aliphatic heterocycles. The number of nitrogens with zero attached hydrogens (tertiary/aromatic N) is 3. The lowest BCUT2D eigenvalue weighted by Gasteiger charge is -2.22. The van der Waals surface area contributed by atoms with Crippen LogP contribution >= 0.6 is 22.6 Å². The topological polar surface area (TPSA) is 93.4 Å². The van der Waals surface area contributed by atoms with E-state index in [1.165, 1.54) is 9.13 Å². The molecule has 1 aromatic heterocycles. The molecule has 0 saturated heterocycles. The number of aromatic nitrogens is 2. The van der Waals surface area contributed by atoms with E-state index in [4.69, 9.17) is 0 Å². The van der Waals surface area contributed by atoms with Gasteiger partial charge in [0.2, 0.25) is 15.9 Å². The molecule has 0 saturated carbocycles. The maximum absolute atomic E-state index is 12.5. The highest BCUT2D eigenvalue weighted by molar-refractivity contribution is 14.1. The van der Waals surface area contributed by atoms with Crippen LogP contribution in [0, 0.1) is 3.57 Å². The monoisotopic (exact) mass is 514 g/mol. The fraction of sp³-hybridized carbons (Fsp3) is 0.222. The van der Waals surface area contributed by atoms with E-state index >= 15 is 0 Å². The van der Waals surface area contributed by atoms with Gasteiger partial charge in [0.15, 0.2) is 0 Å². The third-order valence-electron chi connectivity index (χ3n) is 4.36. The van der Waals surface area contributed by atoms with E-state index in [-0.39, 0.29) is 12.2 Å². The summed E-state index contributed by atoms with van der Waals surface area (Å²) in [4.78, 5) is 24.5. The summed E-state index contributed by atoms with van der Waals surface area (Å²) < 4.78 is 29.3. The number of carbonyl (C=O) groups excluding carboxylic acids is 1. The normalized spacial score (nSPS) is 11.6. The van der Waals surface area contributed by atoms with Crippen LogP contribution in [0.5, 0.6) is 0 Å². The van der Waals surface area contributed by atoms with Gasteiger partial charge in [-0.1, -0.05) is 0 Å². The number of fused-ring (bicyclic) bond motifs is 1. The first-order chi connectivity index (χ1) is 13.1. The second-order valence-corrected chi connectivity index (χ2v) is 9.55. The zero-order valence-electron chi connectivity index (χ0n) is 15.5. The summed E-state index contributed by atoms with van der Waals surface area (Å²) >= 11 is 2.12. The summed E-state index contributed by atoms with van der Waals surface area (Å²) in [5.74, 6) is -0.482. The van der Waals surface area contributed by atoms with Crippen molar-refractivity contribution in [3.8, 4) is 0 Å². The van der Waals surface area contributed by atoms with Crippen LogP contribution in [0.15, 0.2) is 47.3 Å². The highest BCUT2D eigenvalue weighted by Crippen LogP contribution is 2.20. The highest BCUT2D eigenvalue weighted by atomic mass is 127. The second kappa shape index (κ2) is 7.59. The number of hydrogen-bond acceptors (Lipinski definition) is 4. The minimum absolute atomic E-state index is 0.166. The molecular weight excluding hydrogens is 495 g/mol. The predicted octanol–water partition coefficient (Wildman–Crippen LogP) is 1.89. The van der Waals surface area contributed by atoms with Crippen LogP contribution in [0.1, 0.15) is 0 Å². The van der Waals surface area contributed by atoms with Gasteiger partial charge >= 0.3 is 5.69 Å². The van der Waals surface area contributed by atoms with Gasteiger partial charge in [0.1, 0.15) is 6.54 Å². The minimum atomic E-state index is -3.64. The Morgan fingerprint density at radius 1 is 1.07 bits per heavy atom. The number of amides is 1. The molecule has 8 nitrogen and oxygen atoms in total. The SMILES string of the molecule is Cn1c(=O)n(C)c2cc(NC(=O)CN(c3ccc(I)cc3)S(C)(=O)=O)ccc21. The number of aryl methyl sites for hydroxylation is 2. The van der Waals surface area contributed by atoms with Crippen molar-refractivity contribution in [2.24, 2.45) is 14.1 Å². The maximum atomic E-state index is 12.5. The fourth-order valence-corrected chi connectivity index (χ4v) is 4.14. The van der Waals surface area contributed by atoms with Crippen LogP contribution in [0.4, 0.5) is 11.4 Å². The summed E-state index contributed by atoms with van der Waals surface area (Å²) in [6, 6.07) is 12.0. The number of halogens is 1. The Labute approximate surface area is 175 Å². The molecule has 3 aromatic rings. The predicted molar refractivity (Wildman–Crippen MR) is 118 cm³/mol. The smallest absolute Gasteiger partial charge is 0.324 e. The molecule has 0 atom stereocenters. The average molecular weight is 514 g/mol. The first kappa shape index (κ1) is 20.4. The quantitative estimate of drug-likeness (QED) is 0.527. The van der Waals surface area contributed by atoms with Gasteiger partial charge in [0, 0.05) is 23.4 Å². The van der Waals surface area contributed by atoms with Gasteiger partial charge in [-0.15, -0.1) is 0 Å². The molecule has 0 radical (unpaired) electrons. The molecule has 0 aliphatic carbocycles. The number of anilines is 2. The Morgan fingerprint density at radius 3 is 2.29 bits per heavy atom. The number of sulfonamides is 1. The number of nitrogens with one attached hydrogen (secondary N) is 1. The first-order valence-electron chi connectivity index (χ1n) is 8.26. The third-order valence-corrected chi connectivity index (χ3v) is 6.22. The van der Waals surface area contributed by atoms with Gasteiger partial charge in [-0.2, -0.15) is 0 Å². The van der Waals surface area contributed by atoms with Gasteiger partial charge in [0.05, 0.1) is 23.0 Å². The number of rotatable bonds is 5. The number of hydrogen-bond donors (Lipinski definition) is 1. The van der Waals surface area contributed by atoms with Gasteiger partial charge in [0.25, 0.3) is 0 Å². The van der Waals surface area contributed by atoms with Crippen molar-refractivity contribution in [3.05, 3.63) is 56.5 Å². The van der Waals surface area contributed by atoms with E-state index in [2.05, 4.69) is 27.9 Å². The van der Waals surface area contributed by atoms with Crippen LogP contribution in [-0.4, -0.2) is 36.3 Å². The molecule has 2 aromatic carbocycles. The summed E-state index contributed by atoms with van der Waals surface area (Å²) in [5, 5.41) is 2.70. The van der Waals surface area contributed by atoms with Crippen LogP contribution in [0.25, 0.3) is 11.0 Å². The third kappa shape index (κ3) is 4.07. The van der Waals surface area contributed by atoms with E-state index in [9.17, 15) is 18.0 Å². The Bertz CT molecular complexity index is 1210. The van der Waals surface area contributed by atoms with Gasteiger partial charge < -0.3 is 5.32 Å². The van der Waals surface area contributed by atoms with Gasteiger partial charge in [-0.3, -0.25) is 18.2 Å². The van der Waals surface area contributed by atoms with Crippen LogP contribution in [0.2, 0.25) is 0 Å². The number of imidazole rings is 1. The standard InChI is InChI=1S/C18H19IN4O4S/c1-21-15-9-6-13(10-16(15)22(2)18(21)25)20-17(24)11-23(28(3,26)27)14-7-4-12(19)5-8-14/h4-10H,11H2,1-3H3,(H,20,24). The Hall–Kier alpha value is -2.34. The first-order valence-corrected chi connectivity index (χ1v) is 11.2. The summed E-state index contributed by atoms with van der Waals surface area (Å²) in [6.07, 6.45) is 1.06. The zero-order chi connectivity index (χ0) is 20.6. The fourth-order valence-electron chi connectivity index (χ4n) is 2.92. The van der Waals surface area contributed by atoms with Crippen molar-refractivity contribution in [2.45, 2.75) is 0 Å². The molecule has 148 valence electrons. The molecule has 1 heterocycles. The number of carbonyl (C=O) groups is 1. The Balaban J connectivity index is 1.85. The van der Waals surface area contributed by atoms with Crippen molar-refractivity contribution < 1.29 is 13.2 Å². The molecule has 0 spiro atoms. The molecule has 28 heavy (non-hydrogen) atoms. The zero-order valence-corrected chi connectivity index (χ0v) is 18.5. The molecule has 3 rings (SSSR count). The molecule has 0 fully saturated rings. The van der Waals surface area contributed by atoms with E-state index in [0.29, 0.717) is 16.9 Å². The molecule has 1 N–H and O–H groups in total. The van der Waals surface area contributed by atoms with Crippen molar-refractivity contribution in [2.75, 3.05) is 22.4 Å². The van der Waals surface area contributed by atoms with Crippen LogP contribution in [0.3, 0.4) is 0 Å². The molecular formula is C18H19IN4O4S. The highest BCUT2D eigenvalue weighted by Gasteiger charge is 2.21. The van der Waals surface area contributed by atoms with Crippen molar-refractivity contribution in [3.63, 3.8) is 0 Å². The maximum Gasteiger partial charge on any atom is 0.328 e. The molecule has 0 unspecified atom stereocenters. The van der Waals surface area contributed by atoms with Crippen molar-refractivity contribution in [1.82, 2.24) is 9.13 Å². The second-order valence-electron chi connectivity index (χ2n) is 6.40. The lowest BCUT2D eigenvalue weighted by Crippen LogP contribution is -2.37. The van der Waals surface area contributed by atoms with Crippen LogP contribution in [-0.2, 0) is 28.9 Å². The lowest BCUT2D eigenvalue weighted by atomic mass is 10.2.